The lowest BCUT2D eigenvalue weighted by atomic mass is 9.93. The number of ether oxygens (including phenoxy) is 2. The zero-order valence-electron chi connectivity index (χ0n) is 13.2. The third-order valence-corrected chi connectivity index (χ3v) is 3.62. The molecule has 1 aromatic rings. The SMILES string of the molecule is CC(C)(C)Nc1c2c(c(F)c3c1C(F)(F)OC3(F)F)C(F)(F)OC2(F)F. The maximum atomic E-state index is 14.4. The van der Waals surface area contributed by atoms with Gasteiger partial charge in [0.25, 0.3) is 0 Å². The highest BCUT2D eigenvalue weighted by atomic mass is 19.3. The maximum Gasteiger partial charge on any atom is 0.391 e. The first-order valence-electron chi connectivity index (χ1n) is 7.02. The summed E-state index contributed by atoms with van der Waals surface area (Å²) in [6.45, 7) is 3.77. The van der Waals surface area contributed by atoms with Crippen molar-refractivity contribution in [2.24, 2.45) is 0 Å². The van der Waals surface area contributed by atoms with Crippen LogP contribution >= 0.6 is 0 Å². The first kappa shape index (κ1) is 19.1. The number of halogens is 9. The summed E-state index contributed by atoms with van der Waals surface area (Å²) < 4.78 is 132. The van der Waals surface area contributed by atoms with Gasteiger partial charge in [-0.05, 0) is 20.8 Å². The normalized spacial score (nSPS) is 24.3. The molecule has 0 spiro atoms. The van der Waals surface area contributed by atoms with E-state index in [1.807, 2.05) is 5.32 Å². The summed E-state index contributed by atoms with van der Waals surface area (Å²) in [5.41, 5.74) is -11.3. The molecule has 0 saturated carbocycles. The van der Waals surface area contributed by atoms with Crippen molar-refractivity contribution in [3.63, 3.8) is 0 Å². The number of hydrogen-bond acceptors (Lipinski definition) is 3. The number of hydrogen-bond donors (Lipinski definition) is 1. The van der Waals surface area contributed by atoms with Crippen molar-refractivity contribution in [2.45, 2.75) is 50.7 Å². The first-order chi connectivity index (χ1) is 11.4. The molecule has 0 aromatic heterocycles. The van der Waals surface area contributed by atoms with E-state index in [4.69, 9.17) is 0 Å². The molecule has 3 nitrogen and oxygen atoms in total. The van der Waals surface area contributed by atoms with Gasteiger partial charge < -0.3 is 5.32 Å². The molecule has 146 valence electrons. The van der Waals surface area contributed by atoms with Crippen molar-refractivity contribution in [1.29, 1.82) is 0 Å². The molecule has 1 N–H and O–H groups in total. The molecule has 2 heterocycles. The fraction of sp³-hybridized carbons (Fsp3) is 0.571. The highest BCUT2D eigenvalue weighted by Crippen LogP contribution is 2.62. The Labute approximate surface area is 140 Å². The standard InChI is InChI=1S/C14H10F9NO2/c1-10(2,3)24-9-6-4(11(16,17)25-13(6,20)21)8(15)5-7(9)14(22,23)26-12(5,18)19/h24H,1-3H3. The van der Waals surface area contributed by atoms with Crippen LogP contribution in [0.1, 0.15) is 43.0 Å². The van der Waals surface area contributed by atoms with Crippen LogP contribution in [0.4, 0.5) is 45.2 Å². The van der Waals surface area contributed by atoms with Gasteiger partial charge in [0.15, 0.2) is 0 Å². The Bertz CT molecular complexity index is 744. The predicted molar refractivity (Wildman–Crippen MR) is 67.5 cm³/mol. The number of nitrogens with one attached hydrogen (secondary N) is 1. The fourth-order valence-corrected chi connectivity index (χ4v) is 2.87. The molecule has 2 aliphatic heterocycles. The van der Waals surface area contributed by atoms with Gasteiger partial charge in [-0.25, -0.2) is 13.9 Å². The summed E-state index contributed by atoms with van der Waals surface area (Å²) in [7, 11) is 0. The minimum absolute atomic E-state index is 1.26. The number of anilines is 1. The van der Waals surface area contributed by atoms with E-state index in [9.17, 15) is 39.5 Å². The third kappa shape index (κ3) is 2.53. The molecule has 3 rings (SSSR count). The van der Waals surface area contributed by atoms with Crippen LogP contribution in [-0.2, 0) is 33.9 Å². The van der Waals surface area contributed by atoms with Gasteiger partial charge in [0.2, 0.25) is 0 Å². The zero-order valence-corrected chi connectivity index (χ0v) is 13.2. The van der Waals surface area contributed by atoms with E-state index < -0.39 is 63.7 Å². The second-order valence-corrected chi connectivity index (χ2v) is 6.84. The third-order valence-electron chi connectivity index (χ3n) is 3.62. The molecule has 26 heavy (non-hydrogen) atoms. The van der Waals surface area contributed by atoms with Gasteiger partial charge in [-0.1, -0.05) is 0 Å². The van der Waals surface area contributed by atoms with Crippen molar-refractivity contribution < 1.29 is 49.0 Å². The summed E-state index contributed by atoms with van der Waals surface area (Å²) in [5, 5.41) is 2.04. The Morgan fingerprint density at radius 3 is 1.27 bits per heavy atom. The van der Waals surface area contributed by atoms with Crippen LogP contribution in [0.15, 0.2) is 0 Å². The van der Waals surface area contributed by atoms with Gasteiger partial charge in [-0.15, -0.1) is 0 Å². The second kappa shape index (κ2) is 4.77. The van der Waals surface area contributed by atoms with Crippen LogP contribution in [0.25, 0.3) is 0 Å². The summed E-state index contributed by atoms with van der Waals surface area (Å²) in [4.78, 5) is 0. The van der Waals surface area contributed by atoms with E-state index in [1.165, 1.54) is 20.8 Å². The van der Waals surface area contributed by atoms with Gasteiger partial charge >= 0.3 is 24.4 Å². The van der Waals surface area contributed by atoms with E-state index in [0.29, 0.717) is 0 Å². The molecule has 0 bridgehead atoms. The molecular weight excluding hydrogens is 385 g/mol. The minimum atomic E-state index is -5.03. The van der Waals surface area contributed by atoms with E-state index >= 15 is 0 Å². The van der Waals surface area contributed by atoms with E-state index in [1.54, 1.807) is 0 Å². The smallest absolute Gasteiger partial charge is 0.379 e. The molecule has 2 aliphatic rings. The highest BCUT2D eigenvalue weighted by Gasteiger charge is 2.68. The number of alkyl halides is 8. The molecule has 0 atom stereocenters. The van der Waals surface area contributed by atoms with Crippen molar-refractivity contribution in [2.75, 3.05) is 5.32 Å². The van der Waals surface area contributed by atoms with E-state index in [-0.39, 0.29) is 0 Å². The molecule has 0 fully saturated rings. The molecular formula is C14H10F9NO2. The summed E-state index contributed by atoms with van der Waals surface area (Å²) >= 11 is 0. The lowest BCUT2D eigenvalue weighted by Gasteiger charge is -2.27. The van der Waals surface area contributed by atoms with Gasteiger partial charge in [-0.3, -0.25) is 0 Å². The van der Waals surface area contributed by atoms with E-state index in [0.717, 1.165) is 0 Å². The molecule has 0 unspecified atom stereocenters. The summed E-state index contributed by atoms with van der Waals surface area (Å²) in [6.07, 6.45) is -19.9. The zero-order chi connectivity index (χ0) is 20.1. The highest BCUT2D eigenvalue weighted by molar-refractivity contribution is 5.70. The summed E-state index contributed by atoms with van der Waals surface area (Å²) in [6, 6.07) is 0. The molecule has 0 aliphatic carbocycles. The Hall–Kier alpha value is -1.69. The Morgan fingerprint density at radius 2 is 0.962 bits per heavy atom. The van der Waals surface area contributed by atoms with Crippen LogP contribution < -0.4 is 5.32 Å². The first-order valence-corrected chi connectivity index (χ1v) is 7.02. The van der Waals surface area contributed by atoms with Gasteiger partial charge in [-0.2, -0.15) is 35.1 Å². The maximum absolute atomic E-state index is 14.4. The Morgan fingerprint density at radius 1 is 0.654 bits per heavy atom. The molecule has 12 heteroatoms. The van der Waals surface area contributed by atoms with Crippen LogP contribution in [0, 0.1) is 5.82 Å². The average Bonchev–Trinajstić information content (AvgIpc) is 2.65. The largest absolute Gasteiger partial charge is 0.391 e. The van der Waals surface area contributed by atoms with Gasteiger partial charge in [0.05, 0.1) is 16.8 Å². The van der Waals surface area contributed by atoms with E-state index in [2.05, 4.69) is 9.47 Å². The lowest BCUT2D eigenvalue weighted by Crippen LogP contribution is -2.30. The predicted octanol–water partition coefficient (Wildman–Crippen LogP) is 5.29. The average molecular weight is 395 g/mol. The minimum Gasteiger partial charge on any atom is -0.379 e. The molecule has 0 amide bonds. The van der Waals surface area contributed by atoms with Crippen molar-refractivity contribution in [3.05, 3.63) is 28.1 Å². The van der Waals surface area contributed by atoms with Crippen molar-refractivity contribution in [3.8, 4) is 0 Å². The fourth-order valence-electron chi connectivity index (χ4n) is 2.87. The number of fused-ring (bicyclic) bond motifs is 2. The Kier molecular flexibility index (Phi) is 3.50. The van der Waals surface area contributed by atoms with Crippen molar-refractivity contribution >= 4 is 5.69 Å². The monoisotopic (exact) mass is 395 g/mol. The van der Waals surface area contributed by atoms with Crippen LogP contribution in [0.5, 0.6) is 0 Å². The quantitative estimate of drug-likeness (QED) is 0.656. The van der Waals surface area contributed by atoms with Crippen LogP contribution in [0.2, 0.25) is 0 Å². The molecule has 1 aromatic carbocycles. The van der Waals surface area contributed by atoms with Crippen LogP contribution in [-0.4, -0.2) is 5.54 Å². The number of benzene rings is 1. The molecule has 0 radical (unpaired) electrons. The topological polar surface area (TPSA) is 30.5 Å². The second-order valence-electron chi connectivity index (χ2n) is 6.84. The van der Waals surface area contributed by atoms with Gasteiger partial charge in [0.1, 0.15) is 16.9 Å². The van der Waals surface area contributed by atoms with Crippen molar-refractivity contribution in [1.82, 2.24) is 0 Å². The summed E-state index contributed by atoms with van der Waals surface area (Å²) in [5.74, 6) is -2.64. The number of rotatable bonds is 1. The van der Waals surface area contributed by atoms with Crippen LogP contribution in [0.3, 0.4) is 0 Å². The lowest BCUT2D eigenvalue weighted by molar-refractivity contribution is -0.372. The Balaban J connectivity index is 2.52. The molecule has 0 saturated heterocycles. The van der Waals surface area contributed by atoms with Gasteiger partial charge in [0, 0.05) is 5.54 Å².